The molecule has 0 heterocycles. The summed E-state index contributed by atoms with van der Waals surface area (Å²) in [5.41, 5.74) is 1.70. The molecule has 0 amide bonds. The quantitative estimate of drug-likeness (QED) is 0.766. The van der Waals surface area contributed by atoms with Crippen molar-refractivity contribution in [1.29, 1.82) is 0 Å². The van der Waals surface area contributed by atoms with E-state index in [1.807, 2.05) is 14.0 Å². The highest BCUT2D eigenvalue weighted by molar-refractivity contribution is 6.30. The van der Waals surface area contributed by atoms with E-state index >= 15 is 0 Å². The first-order valence-corrected chi connectivity index (χ1v) is 5.75. The molecule has 1 nitrogen and oxygen atoms in total. The molecule has 0 bridgehead atoms. The Kier molecular flexibility index (Phi) is 4.97. The summed E-state index contributed by atoms with van der Waals surface area (Å²) in [6.07, 6.45) is 1.63. The third kappa shape index (κ3) is 3.32. The second-order valence-electron chi connectivity index (χ2n) is 3.81. The van der Waals surface area contributed by atoms with Gasteiger partial charge in [0, 0.05) is 16.6 Å². The summed E-state index contributed by atoms with van der Waals surface area (Å²) < 4.78 is 13.6. The van der Waals surface area contributed by atoms with Crippen molar-refractivity contribution in [2.75, 3.05) is 7.05 Å². The first-order valence-electron chi connectivity index (χ1n) is 5.37. The predicted molar refractivity (Wildman–Crippen MR) is 67.3 cm³/mol. The maximum absolute atomic E-state index is 13.6. The third-order valence-corrected chi connectivity index (χ3v) is 2.91. The number of benzene rings is 1. The van der Waals surface area contributed by atoms with Crippen molar-refractivity contribution in [2.24, 2.45) is 0 Å². The largest absolute Gasteiger partial charge is 0.313 e. The van der Waals surface area contributed by atoms with Gasteiger partial charge in [0.05, 0.1) is 0 Å². The molecule has 0 fully saturated rings. The molecule has 1 unspecified atom stereocenters. The Morgan fingerprint density at radius 3 is 2.81 bits per heavy atom. The van der Waals surface area contributed by atoms with Crippen LogP contribution in [-0.4, -0.2) is 7.05 Å². The highest BCUT2D eigenvalue weighted by Gasteiger charge is 2.14. The fraction of sp³-hybridized carbons (Fsp3) is 0.385. The molecule has 0 saturated carbocycles. The lowest BCUT2D eigenvalue weighted by Gasteiger charge is -2.18. The van der Waals surface area contributed by atoms with Crippen molar-refractivity contribution in [2.45, 2.75) is 25.8 Å². The lowest BCUT2D eigenvalue weighted by molar-refractivity contribution is 0.529. The first kappa shape index (κ1) is 13.2. The van der Waals surface area contributed by atoms with E-state index < -0.39 is 0 Å². The van der Waals surface area contributed by atoms with Crippen LogP contribution in [0.5, 0.6) is 0 Å². The maximum atomic E-state index is 13.6. The Morgan fingerprint density at radius 1 is 1.56 bits per heavy atom. The molecule has 0 aliphatic rings. The number of hydrogen-bond donors (Lipinski definition) is 1. The summed E-state index contributed by atoms with van der Waals surface area (Å²) in [5, 5.41) is 3.65. The standard InChI is InChI=1S/C13H17ClFN/c1-4-9(2)7-13(16-3)11-8-10(14)5-6-12(11)15/h5-6,8,13,16H,2,4,7H2,1,3H3. The second-order valence-corrected chi connectivity index (χ2v) is 4.25. The van der Waals surface area contributed by atoms with E-state index in [1.54, 1.807) is 12.1 Å². The summed E-state index contributed by atoms with van der Waals surface area (Å²) >= 11 is 5.87. The molecule has 0 aromatic heterocycles. The average molecular weight is 242 g/mol. The Morgan fingerprint density at radius 2 is 2.25 bits per heavy atom. The second kappa shape index (κ2) is 6.02. The highest BCUT2D eigenvalue weighted by Crippen LogP contribution is 2.26. The van der Waals surface area contributed by atoms with Gasteiger partial charge in [-0.25, -0.2) is 4.39 Å². The minimum absolute atomic E-state index is 0.0638. The van der Waals surface area contributed by atoms with Gasteiger partial charge in [0.25, 0.3) is 0 Å². The summed E-state index contributed by atoms with van der Waals surface area (Å²) in [7, 11) is 1.81. The van der Waals surface area contributed by atoms with Crippen LogP contribution in [-0.2, 0) is 0 Å². The van der Waals surface area contributed by atoms with Crippen molar-refractivity contribution in [3.8, 4) is 0 Å². The Bertz CT molecular complexity index is 376. The van der Waals surface area contributed by atoms with Crippen molar-refractivity contribution in [3.05, 3.63) is 46.8 Å². The fourth-order valence-electron chi connectivity index (χ4n) is 1.58. The van der Waals surface area contributed by atoms with Gasteiger partial charge in [-0.15, -0.1) is 0 Å². The highest BCUT2D eigenvalue weighted by atomic mass is 35.5. The van der Waals surface area contributed by atoms with Crippen LogP contribution in [0, 0.1) is 5.82 Å². The van der Waals surface area contributed by atoms with Crippen molar-refractivity contribution in [3.63, 3.8) is 0 Å². The minimum Gasteiger partial charge on any atom is -0.313 e. The molecular weight excluding hydrogens is 225 g/mol. The van der Waals surface area contributed by atoms with Crippen LogP contribution in [0.15, 0.2) is 30.4 Å². The van der Waals surface area contributed by atoms with Gasteiger partial charge in [-0.2, -0.15) is 0 Å². The molecule has 0 radical (unpaired) electrons. The summed E-state index contributed by atoms with van der Waals surface area (Å²) in [6, 6.07) is 4.56. The zero-order chi connectivity index (χ0) is 12.1. The van der Waals surface area contributed by atoms with Crippen molar-refractivity contribution >= 4 is 11.6 Å². The summed E-state index contributed by atoms with van der Waals surface area (Å²) in [5.74, 6) is -0.229. The molecule has 1 atom stereocenters. The topological polar surface area (TPSA) is 12.0 Å². The van der Waals surface area contributed by atoms with E-state index in [9.17, 15) is 4.39 Å². The first-order chi connectivity index (χ1) is 7.58. The van der Waals surface area contributed by atoms with E-state index in [4.69, 9.17) is 11.6 Å². The summed E-state index contributed by atoms with van der Waals surface area (Å²) in [6.45, 7) is 5.99. The van der Waals surface area contributed by atoms with Crippen LogP contribution in [0.2, 0.25) is 5.02 Å². The van der Waals surface area contributed by atoms with Crippen molar-refractivity contribution in [1.82, 2.24) is 5.32 Å². The fourth-order valence-corrected chi connectivity index (χ4v) is 1.76. The number of rotatable bonds is 5. The van der Waals surface area contributed by atoms with Crippen LogP contribution < -0.4 is 5.32 Å². The average Bonchev–Trinajstić information content (AvgIpc) is 2.29. The molecule has 0 aliphatic heterocycles. The van der Waals surface area contributed by atoms with Gasteiger partial charge in [0.15, 0.2) is 0 Å². The zero-order valence-corrected chi connectivity index (χ0v) is 10.4. The Labute approximate surface area is 101 Å². The van der Waals surface area contributed by atoms with E-state index in [0.29, 0.717) is 10.6 Å². The van der Waals surface area contributed by atoms with Gasteiger partial charge in [0.2, 0.25) is 0 Å². The predicted octanol–water partition coefficient (Wildman–Crippen LogP) is 4.10. The van der Waals surface area contributed by atoms with Crippen LogP contribution >= 0.6 is 11.6 Å². The van der Waals surface area contributed by atoms with Gasteiger partial charge >= 0.3 is 0 Å². The van der Waals surface area contributed by atoms with Gasteiger partial charge in [-0.3, -0.25) is 0 Å². The van der Waals surface area contributed by atoms with Gasteiger partial charge in [-0.1, -0.05) is 30.7 Å². The van der Waals surface area contributed by atoms with Gasteiger partial charge in [0.1, 0.15) is 5.82 Å². The Hall–Kier alpha value is -0.860. The molecule has 1 rings (SSSR count). The number of halogens is 2. The van der Waals surface area contributed by atoms with E-state index in [2.05, 4.69) is 11.9 Å². The van der Waals surface area contributed by atoms with E-state index in [1.165, 1.54) is 6.07 Å². The molecule has 3 heteroatoms. The third-order valence-electron chi connectivity index (χ3n) is 2.67. The monoisotopic (exact) mass is 241 g/mol. The SMILES string of the molecule is C=C(CC)CC(NC)c1cc(Cl)ccc1F. The number of hydrogen-bond acceptors (Lipinski definition) is 1. The zero-order valence-electron chi connectivity index (χ0n) is 9.69. The maximum Gasteiger partial charge on any atom is 0.128 e. The molecule has 88 valence electrons. The van der Waals surface area contributed by atoms with Crippen LogP contribution in [0.1, 0.15) is 31.4 Å². The molecule has 1 aromatic rings. The molecule has 1 aromatic carbocycles. The van der Waals surface area contributed by atoms with Crippen LogP contribution in [0.4, 0.5) is 4.39 Å². The molecule has 0 saturated heterocycles. The molecule has 1 N–H and O–H groups in total. The van der Waals surface area contributed by atoms with Crippen molar-refractivity contribution < 1.29 is 4.39 Å². The summed E-state index contributed by atoms with van der Waals surface area (Å²) in [4.78, 5) is 0. The normalized spacial score (nSPS) is 12.5. The smallest absolute Gasteiger partial charge is 0.128 e. The molecule has 16 heavy (non-hydrogen) atoms. The number of nitrogens with one attached hydrogen (secondary N) is 1. The lowest BCUT2D eigenvalue weighted by atomic mass is 9.98. The van der Waals surface area contributed by atoms with Gasteiger partial charge < -0.3 is 5.32 Å². The van der Waals surface area contributed by atoms with Gasteiger partial charge in [-0.05, 0) is 38.1 Å². The molecule has 0 spiro atoms. The lowest BCUT2D eigenvalue weighted by Crippen LogP contribution is -2.18. The van der Waals surface area contributed by atoms with E-state index in [0.717, 1.165) is 18.4 Å². The Balaban J connectivity index is 2.94. The molecule has 0 aliphatic carbocycles. The molecular formula is C13H17ClFN. The van der Waals surface area contributed by atoms with Crippen LogP contribution in [0.3, 0.4) is 0 Å². The van der Waals surface area contributed by atoms with Crippen LogP contribution in [0.25, 0.3) is 0 Å². The minimum atomic E-state index is -0.229. The van der Waals surface area contributed by atoms with E-state index in [-0.39, 0.29) is 11.9 Å².